The van der Waals surface area contributed by atoms with Crippen LogP contribution in [0.3, 0.4) is 0 Å². The second kappa shape index (κ2) is 7.41. The molecule has 1 aromatic carbocycles. The molecule has 1 heterocycles. The quantitative estimate of drug-likeness (QED) is 0.905. The fourth-order valence-corrected chi connectivity index (χ4v) is 2.59. The molecule has 0 bridgehead atoms. The van der Waals surface area contributed by atoms with Crippen LogP contribution >= 0.6 is 0 Å². The number of para-hydroxylation sites is 1. The van der Waals surface area contributed by atoms with Crippen molar-refractivity contribution in [2.45, 2.75) is 38.6 Å². The SMILES string of the molecule is CC(N)Cc1cccc(F)c1OCC(=O)N1CCCCC1. The number of nitrogens with zero attached hydrogens (tertiary/aromatic N) is 1. The molecular weight excluding hydrogens is 271 g/mol. The lowest BCUT2D eigenvalue weighted by Crippen LogP contribution is -2.38. The fourth-order valence-electron chi connectivity index (χ4n) is 2.59. The van der Waals surface area contributed by atoms with E-state index in [4.69, 9.17) is 10.5 Å². The Bertz CT molecular complexity index is 485. The van der Waals surface area contributed by atoms with Crippen molar-refractivity contribution in [3.8, 4) is 5.75 Å². The second-order valence-electron chi connectivity index (χ2n) is 5.64. The van der Waals surface area contributed by atoms with Gasteiger partial charge in [0.15, 0.2) is 18.2 Å². The van der Waals surface area contributed by atoms with Crippen molar-refractivity contribution in [3.63, 3.8) is 0 Å². The maximum Gasteiger partial charge on any atom is 0.260 e. The van der Waals surface area contributed by atoms with E-state index in [0.29, 0.717) is 12.0 Å². The average Bonchev–Trinajstić information content (AvgIpc) is 2.46. The number of benzene rings is 1. The van der Waals surface area contributed by atoms with E-state index in [1.807, 2.05) is 6.92 Å². The van der Waals surface area contributed by atoms with Crippen molar-refractivity contribution >= 4 is 5.91 Å². The summed E-state index contributed by atoms with van der Waals surface area (Å²) in [6, 6.07) is 4.66. The zero-order valence-corrected chi connectivity index (χ0v) is 12.5. The van der Waals surface area contributed by atoms with Gasteiger partial charge in [0.1, 0.15) is 0 Å². The summed E-state index contributed by atoms with van der Waals surface area (Å²) < 4.78 is 19.4. The molecule has 21 heavy (non-hydrogen) atoms. The molecule has 0 aliphatic carbocycles. The lowest BCUT2D eigenvalue weighted by atomic mass is 10.1. The summed E-state index contributed by atoms with van der Waals surface area (Å²) in [6.07, 6.45) is 3.74. The van der Waals surface area contributed by atoms with Gasteiger partial charge in [0.05, 0.1) is 0 Å². The number of hydrogen-bond acceptors (Lipinski definition) is 3. The normalized spacial score (nSPS) is 16.6. The Labute approximate surface area is 125 Å². The highest BCUT2D eigenvalue weighted by molar-refractivity contribution is 5.77. The van der Waals surface area contributed by atoms with E-state index in [9.17, 15) is 9.18 Å². The summed E-state index contributed by atoms with van der Waals surface area (Å²) in [6.45, 7) is 3.28. The third-order valence-corrected chi connectivity index (χ3v) is 3.64. The number of carbonyl (C=O) groups is 1. The molecule has 0 spiro atoms. The van der Waals surface area contributed by atoms with Crippen molar-refractivity contribution in [3.05, 3.63) is 29.6 Å². The first-order valence-corrected chi connectivity index (χ1v) is 7.51. The van der Waals surface area contributed by atoms with Gasteiger partial charge < -0.3 is 15.4 Å². The molecule has 1 aliphatic rings. The van der Waals surface area contributed by atoms with E-state index in [1.165, 1.54) is 6.07 Å². The number of piperidine rings is 1. The van der Waals surface area contributed by atoms with Crippen LogP contribution in [0.15, 0.2) is 18.2 Å². The number of likely N-dealkylation sites (tertiary alicyclic amines) is 1. The zero-order chi connectivity index (χ0) is 15.2. The number of carbonyl (C=O) groups excluding carboxylic acids is 1. The van der Waals surface area contributed by atoms with Gasteiger partial charge in [-0.05, 0) is 44.2 Å². The van der Waals surface area contributed by atoms with E-state index in [2.05, 4.69) is 0 Å². The van der Waals surface area contributed by atoms with Gasteiger partial charge in [-0.25, -0.2) is 4.39 Å². The molecule has 1 amide bonds. The van der Waals surface area contributed by atoms with E-state index in [-0.39, 0.29) is 24.3 Å². The topological polar surface area (TPSA) is 55.6 Å². The molecule has 2 N–H and O–H groups in total. The molecule has 1 unspecified atom stereocenters. The zero-order valence-electron chi connectivity index (χ0n) is 12.5. The second-order valence-corrected chi connectivity index (χ2v) is 5.64. The van der Waals surface area contributed by atoms with Gasteiger partial charge in [-0.15, -0.1) is 0 Å². The molecule has 4 nitrogen and oxygen atoms in total. The first-order valence-electron chi connectivity index (χ1n) is 7.51. The van der Waals surface area contributed by atoms with Crippen LogP contribution in [-0.2, 0) is 11.2 Å². The lowest BCUT2D eigenvalue weighted by Gasteiger charge is -2.26. The molecule has 1 fully saturated rings. The van der Waals surface area contributed by atoms with Crippen LogP contribution in [0.25, 0.3) is 0 Å². The van der Waals surface area contributed by atoms with Gasteiger partial charge in [-0.3, -0.25) is 4.79 Å². The molecule has 1 atom stereocenters. The minimum Gasteiger partial charge on any atom is -0.480 e. The number of rotatable bonds is 5. The third kappa shape index (κ3) is 4.43. The van der Waals surface area contributed by atoms with Crippen molar-refractivity contribution < 1.29 is 13.9 Å². The van der Waals surface area contributed by atoms with Gasteiger partial charge in [0.2, 0.25) is 0 Å². The van der Waals surface area contributed by atoms with Crippen molar-refractivity contribution in [2.75, 3.05) is 19.7 Å². The first kappa shape index (κ1) is 15.8. The summed E-state index contributed by atoms with van der Waals surface area (Å²) in [4.78, 5) is 13.9. The molecule has 1 saturated heterocycles. The molecule has 1 aromatic rings. The highest BCUT2D eigenvalue weighted by Gasteiger charge is 2.18. The van der Waals surface area contributed by atoms with Gasteiger partial charge in [0.25, 0.3) is 5.91 Å². The maximum atomic E-state index is 13.9. The Balaban J connectivity index is 2.00. The monoisotopic (exact) mass is 294 g/mol. The van der Waals surface area contributed by atoms with Gasteiger partial charge in [-0.2, -0.15) is 0 Å². The van der Waals surface area contributed by atoms with Crippen LogP contribution in [0.5, 0.6) is 5.75 Å². The van der Waals surface area contributed by atoms with Crippen molar-refractivity contribution in [1.29, 1.82) is 0 Å². The van der Waals surface area contributed by atoms with Gasteiger partial charge in [0, 0.05) is 19.1 Å². The number of amides is 1. The minimum absolute atomic E-state index is 0.0790. The van der Waals surface area contributed by atoms with Crippen molar-refractivity contribution in [1.82, 2.24) is 4.90 Å². The van der Waals surface area contributed by atoms with E-state index in [0.717, 1.165) is 32.4 Å². The molecule has 0 aromatic heterocycles. The van der Waals surface area contributed by atoms with Crippen LogP contribution in [-0.4, -0.2) is 36.5 Å². The third-order valence-electron chi connectivity index (χ3n) is 3.64. The summed E-state index contributed by atoms with van der Waals surface area (Å²) in [5.41, 5.74) is 6.47. The number of hydrogen-bond donors (Lipinski definition) is 1. The van der Waals surface area contributed by atoms with E-state index in [1.54, 1.807) is 17.0 Å². The summed E-state index contributed by atoms with van der Waals surface area (Å²) in [5.74, 6) is -0.371. The number of nitrogens with two attached hydrogens (primary N) is 1. The van der Waals surface area contributed by atoms with Crippen molar-refractivity contribution in [2.24, 2.45) is 5.73 Å². The Morgan fingerprint density at radius 1 is 1.38 bits per heavy atom. The average molecular weight is 294 g/mol. The Morgan fingerprint density at radius 3 is 2.76 bits per heavy atom. The summed E-state index contributed by atoms with van der Waals surface area (Å²) in [7, 11) is 0. The summed E-state index contributed by atoms with van der Waals surface area (Å²) >= 11 is 0. The largest absolute Gasteiger partial charge is 0.480 e. The van der Waals surface area contributed by atoms with Crippen LogP contribution in [0.1, 0.15) is 31.7 Å². The Morgan fingerprint density at radius 2 is 2.10 bits per heavy atom. The van der Waals surface area contributed by atoms with E-state index >= 15 is 0 Å². The number of halogens is 1. The predicted octanol–water partition coefficient (Wildman–Crippen LogP) is 2.11. The van der Waals surface area contributed by atoms with Gasteiger partial charge in [-0.1, -0.05) is 12.1 Å². The number of ether oxygens (including phenoxy) is 1. The molecule has 0 radical (unpaired) electrons. The smallest absolute Gasteiger partial charge is 0.260 e. The molecule has 0 saturated carbocycles. The Kier molecular flexibility index (Phi) is 5.56. The van der Waals surface area contributed by atoms with Crippen LogP contribution in [0, 0.1) is 5.82 Å². The summed E-state index contributed by atoms with van der Waals surface area (Å²) in [5, 5.41) is 0. The standard InChI is InChI=1S/C16H23FN2O2/c1-12(18)10-13-6-5-7-14(17)16(13)21-11-15(20)19-8-3-2-4-9-19/h5-7,12H,2-4,8-11,18H2,1H3. The molecule has 5 heteroatoms. The fraction of sp³-hybridized carbons (Fsp3) is 0.562. The predicted molar refractivity (Wildman–Crippen MR) is 79.7 cm³/mol. The Hall–Kier alpha value is -1.62. The molecule has 1 aliphatic heterocycles. The van der Waals surface area contributed by atoms with Crippen LogP contribution in [0.4, 0.5) is 4.39 Å². The highest BCUT2D eigenvalue weighted by atomic mass is 19.1. The lowest BCUT2D eigenvalue weighted by molar-refractivity contribution is -0.134. The first-order chi connectivity index (χ1) is 10.1. The van der Waals surface area contributed by atoms with E-state index < -0.39 is 5.82 Å². The molecule has 2 rings (SSSR count). The molecule has 116 valence electrons. The highest BCUT2D eigenvalue weighted by Crippen LogP contribution is 2.24. The van der Waals surface area contributed by atoms with Gasteiger partial charge >= 0.3 is 0 Å². The van der Waals surface area contributed by atoms with Crippen LogP contribution < -0.4 is 10.5 Å². The minimum atomic E-state index is -0.445. The molecular formula is C16H23FN2O2. The maximum absolute atomic E-state index is 13.9. The van der Waals surface area contributed by atoms with Crippen LogP contribution in [0.2, 0.25) is 0 Å².